The van der Waals surface area contributed by atoms with Gasteiger partial charge in [0.15, 0.2) is 9.84 Å². The van der Waals surface area contributed by atoms with Crippen LogP contribution in [0.1, 0.15) is 12.8 Å². The van der Waals surface area contributed by atoms with Crippen LogP contribution in [0.15, 0.2) is 12.0 Å². The zero-order valence-electron chi connectivity index (χ0n) is 4.50. The molecule has 1 rings (SSSR count). The fraction of sp³-hybridized carbons (Fsp3) is 0.600. The van der Waals surface area contributed by atoms with Crippen molar-refractivity contribution in [3.05, 3.63) is 12.0 Å². The van der Waals surface area contributed by atoms with Crippen molar-refractivity contribution in [1.82, 2.24) is 0 Å². The quantitative estimate of drug-likeness (QED) is 0.554. The molecule has 0 aromatic rings. The minimum absolute atomic E-state index is 0.0833. The first kappa shape index (κ1) is 5.82. The van der Waals surface area contributed by atoms with E-state index in [-0.39, 0.29) is 5.25 Å². The van der Waals surface area contributed by atoms with Gasteiger partial charge in [-0.1, -0.05) is 6.58 Å². The summed E-state index contributed by atoms with van der Waals surface area (Å²) in [6.07, 6.45) is 1.66. The number of hydrogen-bond acceptors (Lipinski definition) is 2. The van der Waals surface area contributed by atoms with E-state index < -0.39 is 9.84 Å². The van der Waals surface area contributed by atoms with Crippen LogP contribution in [0.2, 0.25) is 0 Å². The average Bonchev–Trinajstić information content (AvgIpc) is 2.44. The second-order valence-corrected chi connectivity index (χ2v) is 4.13. The zero-order valence-corrected chi connectivity index (χ0v) is 5.32. The summed E-state index contributed by atoms with van der Waals surface area (Å²) in [7, 11) is -2.86. The van der Waals surface area contributed by atoms with Crippen molar-refractivity contribution in [2.24, 2.45) is 0 Å². The van der Waals surface area contributed by atoms with Crippen LogP contribution in [0, 0.1) is 0 Å². The van der Waals surface area contributed by atoms with Gasteiger partial charge in [-0.25, -0.2) is 8.42 Å². The van der Waals surface area contributed by atoms with Crippen LogP contribution in [-0.4, -0.2) is 13.7 Å². The lowest BCUT2D eigenvalue weighted by molar-refractivity contribution is 0.603. The number of sulfone groups is 1. The van der Waals surface area contributed by atoms with E-state index in [0.717, 1.165) is 18.2 Å². The summed E-state index contributed by atoms with van der Waals surface area (Å²) in [6, 6.07) is 0. The molecule has 0 N–H and O–H groups in total. The summed E-state index contributed by atoms with van der Waals surface area (Å²) >= 11 is 0. The molecule has 0 unspecified atom stereocenters. The molecule has 0 bridgehead atoms. The Hall–Kier alpha value is -0.310. The van der Waals surface area contributed by atoms with Crippen LogP contribution in [0.25, 0.3) is 0 Å². The second-order valence-electron chi connectivity index (χ2n) is 1.96. The maximum Gasteiger partial charge on any atom is 0.173 e. The Kier molecular flexibility index (Phi) is 1.15. The molecule has 0 spiro atoms. The summed E-state index contributed by atoms with van der Waals surface area (Å²) in [6.45, 7) is 3.21. The van der Waals surface area contributed by atoms with Gasteiger partial charge in [0.2, 0.25) is 0 Å². The zero-order chi connectivity index (χ0) is 6.20. The fourth-order valence-electron chi connectivity index (χ4n) is 0.533. The van der Waals surface area contributed by atoms with Gasteiger partial charge in [0.25, 0.3) is 0 Å². The Morgan fingerprint density at radius 3 is 2.12 bits per heavy atom. The van der Waals surface area contributed by atoms with E-state index in [2.05, 4.69) is 6.58 Å². The van der Waals surface area contributed by atoms with Gasteiger partial charge in [0.1, 0.15) is 0 Å². The summed E-state index contributed by atoms with van der Waals surface area (Å²) < 4.78 is 21.3. The van der Waals surface area contributed by atoms with Crippen molar-refractivity contribution in [3.63, 3.8) is 0 Å². The van der Waals surface area contributed by atoms with Gasteiger partial charge in [-0.3, -0.25) is 0 Å². The lowest BCUT2D eigenvalue weighted by Crippen LogP contribution is -1.99. The smallest absolute Gasteiger partial charge is 0.173 e. The number of rotatable bonds is 2. The SMILES string of the molecule is C=CS(=O)(=O)C1CC1. The normalized spacial score (nSPS) is 20.5. The van der Waals surface area contributed by atoms with Crippen molar-refractivity contribution < 1.29 is 8.42 Å². The lowest BCUT2D eigenvalue weighted by Gasteiger charge is -1.87. The Bertz CT molecular complexity index is 186. The molecule has 0 atom stereocenters. The van der Waals surface area contributed by atoms with Crippen molar-refractivity contribution in [3.8, 4) is 0 Å². The largest absolute Gasteiger partial charge is 0.224 e. The second kappa shape index (κ2) is 1.58. The molecular weight excluding hydrogens is 124 g/mol. The Morgan fingerprint density at radius 1 is 1.50 bits per heavy atom. The standard InChI is InChI=1S/C5H8O2S/c1-2-8(6,7)5-3-4-5/h2,5H,1,3-4H2. The molecule has 1 aliphatic carbocycles. The van der Waals surface area contributed by atoms with E-state index in [1.807, 2.05) is 0 Å². The monoisotopic (exact) mass is 132 g/mol. The molecule has 0 amide bonds. The summed E-state index contributed by atoms with van der Waals surface area (Å²) in [5, 5.41) is 0.963. The highest BCUT2D eigenvalue weighted by Gasteiger charge is 2.32. The fourth-order valence-corrected chi connectivity index (χ4v) is 1.60. The molecule has 2 nitrogen and oxygen atoms in total. The van der Waals surface area contributed by atoms with Crippen LogP contribution < -0.4 is 0 Å². The van der Waals surface area contributed by atoms with Gasteiger partial charge in [0.05, 0.1) is 5.25 Å². The van der Waals surface area contributed by atoms with Crippen molar-refractivity contribution in [2.75, 3.05) is 0 Å². The van der Waals surface area contributed by atoms with Gasteiger partial charge in [-0.2, -0.15) is 0 Å². The van der Waals surface area contributed by atoms with E-state index in [1.54, 1.807) is 0 Å². The topological polar surface area (TPSA) is 34.1 Å². The highest BCUT2D eigenvalue weighted by atomic mass is 32.2. The molecule has 0 aromatic carbocycles. The maximum absolute atomic E-state index is 10.6. The Labute approximate surface area is 49.1 Å². The molecule has 8 heavy (non-hydrogen) atoms. The van der Waals surface area contributed by atoms with E-state index >= 15 is 0 Å². The van der Waals surface area contributed by atoms with Crippen molar-refractivity contribution in [2.45, 2.75) is 18.1 Å². The Balaban J connectivity index is 2.79. The predicted octanol–water partition coefficient (Wildman–Crippen LogP) is 0.707. The third kappa shape index (κ3) is 0.916. The van der Waals surface area contributed by atoms with Gasteiger partial charge in [-0.15, -0.1) is 0 Å². The molecule has 0 radical (unpaired) electrons. The van der Waals surface area contributed by atoms with Crippen LogP contribution in [0.5, 0.6) is 0 Å². The third-order valence-corrected chi connectivity index (χ3v) is 3.09. The number of hydrogen-bond donors (Lipinski definition) is 0. The maximum atomic E-state index is 10.6. The van der Waals surface area contributed by atoms with E-state index in [0.29, 0.717) is 0 Å². The lowest BCUT2D eigenvalue weighted by atomic mass is 11.0. The summed E-state index contributed by atoms with van der Waals surface area (Å²) in [4.78, 5) is 0. The summed E-state index contributed by atoms with van der Waals surface area (Å²) in [5.41, 5.74) is 0. The molecular formula is C5H8O2S. The van der Waals surface area contributed by atoms with E-state index in [9.17, 15) is 8.42 Å². The predicted molar refractivity (Wildman–Crippen MR) is 32.1 cm³/mol. The average molecular weight is 132 g/mol. The Morgan fingerprint density at radius 2 is 2.00 bits per heavy atom. The minimum atomic E-state index is -2.86. The molecule has 0 aliphatic heterocycles. The van der Waals surface area contributed by atoms with Crippen LogP contribution >= 0.6 is 0 Å². The molecule has 1 saturated carbocycles. The minimum Gasteiger partial charge on any atom is -0.224 e. The van der Waals surface area contributed by atoms with Crippen LogP contribution in [0.4, 0.5) is 0 Å². The van der Waals surface area contributed by atoms with Gasteiger partial charge < -0.3 is 0 Å². The van der Waals surface area contributed by atoms with E-state index in [4.69, 9.17) is 0 Å². The van der Waals surface area contributed by atoms with E-state index in [1.165, 1.54) is 0 Å². The molecule has 3 heteroatoms. The molecule has 0 aromatic heterocycles. The first-order valence-corrected chi connectivity index (χ1v) is 4.14. The highest BCUT2D eigenvalue weighted by molar-refractivity contribution is 7.95. The molecule has 1 aliphatic rings. The van der Waals surface area contributed by atoms with Crippen molar-refractivity contribution >= 4 is 9.84 Å². The van der Waals surface area contributed by atoms with Gasteiger partial charge in [0, 0.05) is 5.41 Å². The van der Waals surface area contributed by atoms with Crippen molar-refractivity contribution in [1.29, 1.82) is 0 Å². The van der Waals surface area contributed by atoms with Crippen LogP contribution in [0.3, 0.4) is 0 Å². The molecule has 0 saturated heterocycles. The molecule has 46 valence electrons. The van der Waals surface area contributed by atoms with Gasteiger partial charge >= 0.3 is 0 Å². The highest BCUT2D eigenvalue weighted by Crippen LogP contribution is 2.28. The molecule has 1 fully saturated rings. The first-order valence-electron chi connectivity index (χ1n) is 2.53. The molecule has 0 heterocycles. The van der Waals surface area contributed by atoms with Gasteiger partial charge in [-0.05, 0) is 12.8 Å². The summed E-state index contributed by atoms with van der Waals surface area (Å²) in [5.74, 6) is 0. The third-order valence-electron chi connectivity index (χ3n) is 1.22. The van der Waals surface area contributed by atoms with Crippen LogP contribution in [-0.2, 0) is 9.84 Å². The first-order chi connectivity index (χ1) is 3.67.